The molecule has 0 saturated heterocycles. The Labute approximate surface area is 172 Å². The van der Waals surface area contributed by atoms with Crippen LogP contribution in [0.4, 0.5) is 0 Å². The number of carbonyl (C=O) groups excluding carboxylic acids is 4. The molecule has 1 atom stereocenters. The number of rotatable bonds is 15. The third-order valence-corrected chi connectivity index (χ3v) is 5.55. The highest BCUT2D eigenvalue weighted by Crippen LogP contribution is 2.31. The van der Waals surface area contributed by atoms with Crippen LogP contribution in [0.3, 0.4) is 0 Å². The molecule has 1 unspecified atom stereocenters. The van der Waals surface area contributed by atoms with Gasteiger partial charge in [-0.2, -0.15) is 0 Å². The Bertz CT molecular complexity index is 507. The van der Waals surface area contributed by atoms with Gasteiger partial charge in [-0.25, -0.2) is 0 Å². The summed E-state index contributed by atoms with van der Waals surface area (Å²) >= 11 is 0. The van der Waals surface area contributed by atoms with Crippen LogP contribution in [0.25, 0.3) is 0 Å². The van der Waals surface area contributed by atoms with Crippen molar-refractivity contribution < 1.29 is 19.2 Å². The first-order valence-electron chi connectivity index (χ1n) is 11.0. The summed E-state index contributed by atoms with van der Waals surface area (Å²) < 4.78 is 0. The van der Waals surface area contributed by atoms with E-state index < -0.39 is 0 Å². The van der Waals surface area contributed by atoms with Crippen LogP contribution >= 0.6 is 0 Å². The van der Waals surface area contributed by atoms with E-state index >= 15 is 0 Å². The third-order valence-electron chi connectivity index (χ3n) is 5.55. The van der Waals surface area contributed by atoms with Crippen molar-refractivity contribution in [2.75, 3.05) is 0 Å². The zero-order valence-electron chi connectivity index (χ0n) is 19.3. The summed E-state index contributed by atoms with van der Waals surface area (Å²) in [6.45, 7) is 15.0. The van der Waals surface area contributed by atoms with E-state index in [1.54, 1.807) is 0 Å². The minimum absolute atomic E-state index is 0.0353. The van der Waals surface area contributed by atoms with E-state index in [9.17, 15) is 19.2 Å². The smallest absolute Gasteiger partial charge is 0.138 e. The molecule has 0 heterocycles. The standard InChI is InChI=1S/C24H42O4/c1-15(2)21(25)12-10-9-11-20(24(28)18(7)8)19(13-22(26)16(3)4)14-23(27)17(5)6/h15-20H,9-14H2,1-8H3. The van der Waals surface area contributed by atoms with Gasteiger partial charge in [-0.3, -0.25) is 19.2 Å². The van der Waals surface area contributed by atoms with Crippen LogP contribution in [0.5, 0.6) is 0 Å². The molecule has 0 aliphatic rings. The topological polar surface area (TPSA) is 68.3 Å². The maximum atomic E-state index is 12.9. The van der Waals surface area contributed by atoms with Gasteiger partial charge in [-0.05, 0) is 18.8 Å². The van der Waals surface area contributed by atoms with Crippen LogP contribution in [-0.2, 0) is 19.2 Å². The van der Waals surface area contributed by atoms with Gasteiger partial charge in [0.1, 0.15) is 23.1 Å². The van der Waals surface area contributed by atoms with Gasteiger partial charge in [0, 0.05) is 48.9 Å². The highest BCUT2D eigenvalue weighted by molar-refractivity contribution is 5.87. The molecule has 0 aromatic heterocycles. The maximum absolute atomic E-state index is 12.9. The van der Waals surface area contributed by atoms with Gasteiger partial charge in [-0.1, -0.05) is 61.8 Å². The molecule has 4 heteroatoms. The molecule has 0 aliphatic heterocycles. The lowest BCUT2D eigenvalue weighted by Crippen LogP contribution is -2.32. The molecule has 0 N–H and O–H groups in total. The lowest BCUT2D eigenvalue weighted by atomic mass is 9.74. The molecule has 0 rings (SSSR count). The number of hydrogen-bond donors (Lipinski definition) is 0. The van der Waals surface area contributed by atoms with Gasteiger partial charge >= 0.3 is 0 Å². The summed E-state index contributed by atoms with van der Waals surface area (Å²) in [6.07, 6.45) is 3.25. The first kappa shape index (κ1) is 26.7. The lowest BCUT2D eigenvalue weighted by molar-refractivity contribution is -0.131. The van der Waals surface area contributed by atoms with Crippen LogP contribution in [0.2, 0.25) is 0 Å². The Hall–Kier alpha value is -1.32. The molecule has 0 fully saturated rings. The normalized spacial score (nSPS) is 13.0. The summed E-state index contributed by atoms with van der Waals surface area (Å²) in [5.41, 5.74) is 0. The zero-order valence-corrected chi connectivity index (χ0v) is 19.3. The Balaban J connectivity index is 5.34. The Morgan fingerprint density at radius 2 is 1.00 bits per heavy atom. The first-order chi connectivity index (χ1) is 12.9. The number of carbonyl (C=O) groups is 4. The maximum Gasteiger partial charge on any atom is 0.138 e. The fraction of sp³-hybridized carbons (Fsp3) is 0.833. The number of ketones is 4. The lowest BCUT2D eigenvalue weighted by Gasteiger charge is -2.28. The van der Waals surface area contributed by atoms with E-state index in [-0.39, 0.29) is 71.5 Å². The van der Waals surface area contributed by atoms with Crippen LogP contribution in [0.15, 0.2) is 0 Å². The van der Waals surface area contributed by atoms with E-state index in [1.165, 1.54) is 0 Å². The van der Waals surface area contributed by atoms with Gasteiger partial charge in [0.2, 0.25) is 0 Å². The van der Waals surface area contributed by atoms with Crippen molar-refractivity contribution in [3.8, 4) is 0 Å². The molecule has 4 nitrogen and oxygen atoms in total. The summed E-state index contributed by atoms with van der Waals surface area (Å²) in [4.78, 5) is 49.6. The van der Waals surface area contributed by atoms with Crippen molar-refractivity contribution in [1.82, 2.24) is 0 Å². The second-order valence-electron chi connectivity index (χ2n) is 9.44. The van der Waals surface area contributed by atoms with Gasteiger partial charge in [0.15, 0.2) is 0 Å². The molecule has 0 aliphatic carbocycles. The monoisotopic (exact) mass is 394 g/mol. The minimum Gasteiger partial charge on any atom is -0.299 e. The van der Waals surface area contributed by atoms with Gasteiger partial charge in [-0.15, -0.1) is 0 Å². The van der Waals surface area contributed by atoms with E-state index in [0.29, 0.717) is 12.8 Å². The molecule has 0 spiro atoms. The van der Waals surface area contributed by atoms with E-state index in [2.05, 4.69) is 0 Å². The highest BCUT2D eigenvalue weighted by atomic mass is 16.1. The minimum atomic E-state index is -0.292. The summed E-state index contributed by atoms with van der Waals surface area (Å²) in [6, 6.07) is 0. The molecule has 162 valence electrons. The molecule has 0 aromatic carbocycles. The van der Waals surface area contributed by atoms with Crippen molar-refractivity contribution in [2.45, 2.75) is 93.9 Å². The SMILES string of the molecule is CC(C)C(=O)CCCCC(C(=O)C(C)C)C(CC(=O)C(C)C)CC(=O)C(C)C. The molecular formula is C24H42O4. The molecule has 0 aromatic rings. The number of Topliss-reactive ketones (excluding diaryl/α,β-unsaturated/α-hetero) is 4. The molecule has 28 heavy (non-hydrogen) atoms. The van der Waals surface area contributed by atoms with E-state index in [1.807, 2.05) is 55.4 Å². The fourth-order valence-corrected chi connectivity index (χ4v) is 3.34. The fourth-order valence-electron chi connectivity index (χ4n) is 3.34. The molecule has 0 saturated carbocycles. The van der Waals surface area contributed by atoms with Gasteiger partial charge < -0.3 is 0 Å². The second-order valence-corrected chi connectivity index (χ2v) is 9.44. The van der Waals surface area contributed by atoms with Crippen LogP contribution in [0.1, 0.15) is 93.9 Å². The van der Waals surface area contributed by atoms with Crippen molar-refractivity contribution in [1.29, 1.82) is 0 Å². The van der Waals surface area contributed by atoms with Gasteiger partial charge in [0.05, 0.1) is 0 Å². The average molecular weight is 395 g/mol. The van der Waals surface area contributed by atoms with Crippen molar-refractivity contribution >= 4 is 23.1 Å². The third kappa shape index (κ3) is 9.75. The largest absolute Gasteiger partial charge is 0.299 e. The quantitative estimate of drug-likeness (QED) is 0.346. The molecular weight excluding hydrogens is 352 g/mol. The Kier molecular flexibility index (Phi) is 12.4. The number of hydrogen-bond acceptors (Lipinski definition) is 4. The predicted molar refractivity (Wildman–Crippen MR) is 114 cm³/mol. The van der Waals surface area contributed by atoms with Crippen molar-refractivity contribution in [3.63, 3.8) is 0 Å². The predicted octanol–water partition coefficient (Wildman–Crippen LogP) is 5.46. The average Bonchev–Trinajstić information content (AvgIpc) is 2.59. The highest BCUT2D eigenvalue weighted by Gasteiger charge is 2.33. The summed E-state index contributed by atoms with van der Waals surface area (Å²) in [5.74, 6) is -0.232. The molecule has 0 radical (unpaired) electrons. The molecule has 0 bridgehead atoms. The van der Waals surface area contributed by atoms with E-state index in [4.69, 9.17) is 0 Å². The van der Waals surface area contributed by atoms with Crippen LogP contribution in [-0.4, -0.2) is 23.1 Å². The Morgan fingerprint density at radius 1 is 0.571 bits per heavy atom. The van der Waals surface area contributed by atoms with Crippen molar-refractivity contribution in [2.24, 2.45) is 35.5 Å². The van der Waals surface area contributed by atoms with Crippen LogP contribution in [0, 0.1) is 35.5 Å². The summed E-state index contributed by atoms with van der Waals surface area (Å²) in [5, 5.41) is 0. The molecule has 0 amide bonds. The second kappa shape index (κ2) is 13.0. The zero-order chi connectivity index (χ0) is 22.0. The first-order valence-corrected chi connectivity index (χ1v) is 11.0. The summed E-state index contributed by atoms with van der Waals surface area (Å²) in [7, 11) is 0. The van der Waals surface area contributed by atoms with Gasteiger partial charge in [0.25, 0.3) is 0 Å². The Morgan fingerprint density at radius 3 is 1.36 bits per heavy atom. The number of unbranched alkanes of at least 4 members (excludes halogenated alkanes) is 1. The van der Waals surface area contributed by atoms with E-state index in [0.717, 1.165) is 12.8 Å². The van der Waals surface area contributed by atoms with Crippen molar-refractivity contribution in [3.05, 3.63) is 0 Å². The van der Waals surface area contributed by atoms with Crippen LogP contribution < -0.4 is 0 Å².